The van der Waals surface area contributed by atoms with Gasteiger partial charge in [-0.25, -0.2) is 9.78 Å². The molecule has 4 rings (SSSR count). The summed E-state index contributed by atoms with van der Waals surface area (Å²) >= 11 is 2.16. The molecule has 0 atom stereocenters. The average Bonchev–Trinajstić information content (AvgIpc) is 3.14. The van der Waals surface area contributed by atoms with Gasteiger partial charge in [-0.05, 0) is 52.3 Å². The number of furan rings is 1. The normalized spacial score (nSPS) is 13.5. The van der Waals surface area contributed by atoms with Crippen molar-refractivity contribution in [2.24, 2.45) is 0 Å². The van der Waals surface area contributed by atoms with E-state index in [0.717, 1.165) is 36.9 Å². The molecule has 0 bridgehead atoms. The molecule has 3 aromatic rings. The van der Waals surface area contributed by atoms with E-state index in [-0.39, 0.29) is 0 Å². The van der Waals surface area contributed by atoms with Gasteiger partial charge in [-0.15, -0.1) is 0 Å². The molecule has 1 amide bonds. The van der Waals surface area contributed by atoms with Crippen LogP contribution in [0.4, 0.5) is 16.3 Å². The molecule has 23 heavy (non-hydrogen) atoms. The maximum atomic E-state index is 11.2. The molecule has 0 radical (unpaired) electrons. The van der Waals surface area contributed by atoms with Gasteiger partial charge in [-0.1, -0.05) is 6.07 Å². The SMILES string of the molecule is Nc1ncc(I)c2occ(-c3ccc4c(c3)CCN4C(=O)O)c12. The first-order valence-electron chi connectivity index (χ1n) is 7.01. The van der Waals surface area contributed by atoms with Crippen molar-refractivity contribution in [2.45, 2.75) is 6.42 Å². The van der Waals surface area contributed by atoms with Gasteiger partial charge in [-0.2, -0.15) is 0 Å². The van der Waals surface area contributed by atoms with Gasteiger partial charge in [0.25, 0.3) is 0 Å². The number of halogens is 1. The second-order valence-electron chi connectivity index (χ2n) is 5.37. The van der Waals surface area contributed by atoms with Crippen molar-refractivity contribution in [3.05, 3.63) is 39.8 Å². The summed E-state index contributed by atoms with van der Waals surface area (Å²) in [5.41, 5.74) is 10.3. The Balaban J connectivity index is 1.87. The lowest BCUT2D eigenvalue weighted by Crippen LogP contribution is -2.26. The number of rotatable bonds is 1. The summed E-state index contributed by atoms with van der Waals surface area (Å²) < 4.78 is 6.56. The molecule has 3 heterocycles. The number of carboxylic acid groups (broad SMARTS) is 1. The van der Waals surface area contributed by atoms with Gasteiger partial charge in [-0.3, -0.25) is 4.90 Å². The van der Waals surface area contributed by atoms with E-state index in [1.54, 1.807) is 12.5 Å². The van der Waals surface area contributed by atoms with Crippen LogP contribution in [-0.2, 0) is 6.42 Å². The predicted molar refractivity (Wildman–Crippen MR) is 95.6 cm³/mol. The lowest BCUT2D eigenvalue weighted by Gasteiger charge is -2.12. The summed E-state index contributed by atoms with van der Waals surface area (Å²) in [7, 11) is 0. The highest BCUT2D eigenvalue weighted by molar-refractivity contribution is 14.1. The molecule has 0 saturated carbocycles. The number of benzene rings is 1. The van der Waals surface area contributed by atoms with E-state index in [1.165, 1.54) is 4.90 Å². The zero-order valence-corrected chi connectivity index (χ0v) is 14.1. The molecule has 3 N–H and O–H groups in total. The third kappa shape index (κ3) is 2.14. The monoisotopic (exact) mass is 421 g/mol. The van der Waals surface area contributed by atoms with Gasteiger partial charge in [0.15, 0.2) is 5.58 Å². The number of carbonyl (C=O) groups is 1. The third-order valence-corrected chi connectivity index (χ3v) is 4.87. The largest absolute Gasteiger partial charge is 0.465 e. The molecule has 0 saturated heterocycles. The number of anilines is 2. The van der Waals surface area contributed by atoms with Crippen molar-refractivity contribution in [1.29, 1.82) is 0 Å². The fraction of sp³-hybridized carbons (Fsp3) is 0.125. The first kappa shape index (κ1) is 14.3. The van der Waals surface area contributed by atoms with E-state index in [2.05, 4.69) is 27.6 Å². The number of fused-ring (bicyclic) bond motifs is 2. The minimum atomic E-state index is -0.923. The van der Waals surface area contributed by atoms with Crippen LogP contribution >= 0.6 is 22.6 Å². The maximum absolute atomic E-state index is 11.2. The van der Waals surface area contributed by atoms with Crippen LogP contribution in [-0.4, -0.2) is 22.7 Å². The van der Waals surface area contributed by atoms with Gasteiger partial charge in [0.1, 0.15) is 5.82 Å². The van der Waals surface area contributed by atoms with E-state index >= 15 is 0 Å². The Kier molecular flexibility index (Phi) is 3.19. The highest BCUT2D eigenvalue weighted by Crippen LogP contribution is 2.38. The Hall–Kier alpha value is -2.29. The second kappa shape index (κ2) is 5.12. The molecule has 2 aromatic heterocycles. The van der Waals surface area contributed by atoms with E-state index in [9.17, 15) is 9.90 Å². The molecule has 1 aliphatic heterocycles. The number of amides is 1. The lowest BCUT2D eigenvalue weighted by atomic mass is 10.0. The van der Waals surface area contributed by atoms with Crippen LogP contribution in [0.1, 0.15) is 5.56 Å². The highest BCUT2D eigenvalue weighted by atomic mass is 127. The lowest BCUT2D eigenvalue weighted by molar-refractivity contribution is 0.202. The summed E-state index contributed by atoms with van der Waals surface area (Å²) in [6.07, 6.45) is 3.14. The van der Waals surface area contributed by atoms with E-state index < -0.39 is 6.09 Å². The summed E-state index contributed by atoms with van der Waals surface area (Å²) in [6.45, 7) is 0.488. The molecule has 0 fully saturated rings. The Bertz CT molecular complexity index is 951. The van der Waals surface area contributed by atoms with E-state index in [1.807, 2.05) is 18.2 Å². The van der Waals surface area contributed by atoms with Crippen LogP contribution in [0.3, 0.4) is 0 Å². The van der Waals surface area contributed by atoms with Gasteiger partial charge in [0.05, 0.1) is 20.9 Å². The number of nitrogen functional groups attached to an aromatic ring is 1. The number of hydrogen-bond acceptors (Lipinski definition) is 4. The fourth-order valence-electron chi connectivity index (χ4n) is 3.02. The quantitative estimate of drug-likeness (QED) is 0.585. The topological polar surface area (TPSA) is 92.6 Å². The molecular formula is C16H12IN3O3. The predicted octanol–water partition coefficient (Wildman–Crippen LogP) is 3.72. The standard InChI is InChI=1S/C16H12IN3O3/c17-11-6-19-15(18)13-10(7-23-14(11)13)8-1-2-12-9(5-8)3-4-20(12)16(21)22/h1-2,5-7H,3-4H2,(H2,18,19)(H,21,22). The summed E-state index contributed by atoms with van der Waals surface area (Å²) in [5.74, 6) is 0.428. The van der Waals surface area contributed by atoms with Crippen molar-refractivity contribution >= 4 is 51.2 Å². The van der Waals surface area contributed by atoms with Crippen LogP contribution in [0.5, 0.6) is 0 Å². The van der Waals surface area contributed by atoms with Crippen molar-refractivity contribution in [1.82, 2.24) is 4.98 Å². The number of pyridine rings is 1. The van der Waals surface area contributed by atoms with Gasteiger partial charge < -0.3 is 15.3 Å². The van der Waals surface area contributed by atoms with Gasteiger partial charge >= 0.3 is 6.09 Å². The third-order valence-electron chi connectivity index (χ3n) is 4.10. The number of hydrogen-bond donors (Lipinski definition) is 2. The van der Waals surface area contributed by atoms with Crippen LogP contribution < -0.4 is 10.6 Å². The van der Waals surface area contributed by atoms with Crippen LogP contribution in [0.15, 0.2) is 35.1 Å². The van der Waals surface area contributed by atoms with Crippen molar-refractivity contribution < 1.29 is 14.3 Å². The first-order valence-corrected chi connectivity index (χ1v) is 8.09. The molecule has 0 spiro atoms. The van der Waals surface area contributed by atoms with Crippen LogP contribution in [0.25, 0.3) is 22.1 Å². The number of nitrogens with two attached hydrogens (primary N) is 1. The van der Waals surface area contributed by atoms with Crippen molar-refractivity contribution in [3.8, 4) is 11.1 Å². The van der Waals surface area contributed by atoms with Gasteiger partial charge in [0, 0.05) is 18.3 Å². The van der Waals surface area contributed by atoms with Crippen LogP contribution in [0, 0.1) is 3.57 Å². The Morgan fingerprint density at radius 2 is 2.26 bits per heavy atom. The zero-order chi connectivity index (χ0) is 16.1. The maximum Gasteiger partial charge on any atom is 0.411 e. The molecule has 0 aliphatic carbocycles. The Morgan fingerprint density at radius 1 is 1.43 bits per heavy atom. The van der Waals surface area contributed by atoms with Crippen molar-refractivity contribution in [3.63, 3.8) is 0 Å². The second-order valence-corrected chi connectivity index (χ2v) is 6.53. The molecule has 1 aliphatic rings. The average molecular weight is 421 g/mol. The fourth-order valence-corrected chi connectivity index (χ4v) is 3.55. The molecule has 116 valence electrons. The van der Waals surface area contributed by atoms with E-state index in [4.69, 9.17) is 10.2 Å². The number of nitrogens with zero attached hydrogens (tertiary/aromatic N) is 2. The molecule has 7 heteroatoms. The molecule has 0 unspecified atom stereocenters. The Morgan fingerprint density at radius 3 is 3.04 bits per heavy atom. The minimum Gasteiger partial charge on any atom is -0.465 e. The zero-order valence-electron chi connectivity index (χ0n) is 11.9. The van der Waals surface area contributed by atoms with Crippen molar-refractivity contribution in [2.75, 3.05) is 17.2 Å². The summed E-state index contributed by atoms with van der Waals surface area (Å²) in [5, 5.41) is 10.0. The van der Waals surface area contributed by atoms with Gasteiger partial charge in [0.2, 0.25) is 0 Å². The smallest absolute Gasteiger partial charge is 0.411 e. The summed E-state index contributed by atoms with van der Waals surface area (Å²) in [4.78, 5) is 16.8. The Labute approximate surface area is 145 Å². The summed E-state index contributed by atoms with van der Waals surface area (Å²) in [6, 6.07) is 5.73. The number of aromatic nitrogens is 1. The van der Waals surface area contributed by atoms with Crippen LogP contribution in [0.2, 0.25) is 0 Å². The molecular weight excluding hydrogens is 409 g/mol. The minimum absolute atomic E-state index is 0.428. The molecule has 1 aromatic carbocycles. The highest BCUT2D eigenvalue weighted by Gasteiger charge is 2.25. The first-order chi connectivity index (χ1) is 11.1. The van der Waals surface area contributed by atoms with E-state index in [0.29, 0.717) is 18.8 Å². The molecule has 6 nitrogen and oxygen atoms in total.